The summed E-state index contributed by atoms with van der Waals surface area (Å²) in [5, 5.41) is 0. The lowest BCUT2D eigenvalue weighted by Gasteiger charge is -2.23. The maximum atomic E-state index is 2.34. The first-order valence-corrected chi connectivity index (χ1v) is 16.5. The molecular weight excluding hydrogens is 521 g/mol. The smallest absolute Gasteiger partial charge is 0.00450 e. The molecule has 0 heterocycles. The zero-order chi connectivity index (χ0) is 27.0. The topological polar surface area (TPSA) is 0 Å². The summed E-state index contributed by atoms with van der Waals surface area (Å²) >= 11 is 0. The highest BCUT2D eigenvalue weighted by Gasteiger charge is 2.14. The van der Waals surface area contributed by atoms with E-state index < -0.39 is 21.8 Å². The van der Waals surface area contributed by atoms with Crippen LogP contribution in [0.1, 0.15) is 11.1 Å². The highest BCUT2D eigenvalue weighted by atomic mass is 32.2. The summed E-state index contributed by atoms with van der Waals surface area (Å²) in [5.41, 5.74) is 2.78. The predicted octanol–water partition coefficient (Wildman–Crippen LogP) is 10.4. The SMILES string of the molecule is c1ccc([SH](c2ccccc2)c2ccc(CCc3ccc([SH](c4ccccc4)c4ccccc4)cc3)cc2)cc1. The molecule has 0 aromatic heterocycles. The van der Waals surface area contributed by atoms with Gasteiger partial charge in [0.15, 0.2) is 0 Å². The van der Waals surface area contributed by atoms with E-state index in [1.165, 1.54) is 40.5 Å². The highest BCUT2D eigenvalue weighted by molar-refractivity contribution is 8.17. The number of rotatable bonds is 9. The Morgan fingerprint density at radius 2 is 0.475 bits per heavy atom. The van der Waals surface area contributed by atoms with Gasteiger partial charge in [-0.1, -0.05) is 97.1 Å². The minimum atomic E-state index is -0.558. The summed E-state index contributed by atoms with van der Waals surface area (Å²) in [5.74, 6) is 0. The molecule has 0 bridgehead atoms. The van der Waals surface area contributed by atoms with Crippen molar-refractivity contribution in [3.05, 3.63) is 181 Å². The summed E-state index contributed by atoms with van der Waals surface area (Å²) in [6.07, 6.45) is 2.08. The maximum Gasteiger partial charge on any atom is -0.00450 e. The van der Waals surface area contributed by atoms with Crippen LogP contribution in [0, 0.1) is 0 Å². The molecular formula is C38H34S2. The standard InChI is InChI=1S/C38H34S2/c1-5-13-33(14-6-1)39(34-15-7-2-8-16-34)37-27-23-31(24-28-37)21-22-32-25-29-38(30-26-32)40(35-17-9-3-10-18-35)36-19-11-4-12-20-36/h1-20,23-30,39-40H,21-22H2. The van der Waals surface area contributed by atoms with Crippen molar-refractivity contribution in [3.63, 3.8) is 0 Å². The van der Waals surface area contributed by atoms with Crippen LogP contribution in [0.25, 0.3) is 0 Å². The van der Waals surface area contributed by atoms with Crippen molar-refractivity contribution in [2.24, 2.45) is 0 Å². The largest absolute Gasteiger partial charge is 0.173 e. The fourth-order valence-electron chi connectivity index (χ4n) is 5.11. The normalized spacial score (nSPS) is 11.6. The molecule has 0 unspecified atom stereocenters. The molecule has 6 aromatic rings. The molecule has 0 aliphatic rings. The summed E-state index contributed by atoms with van der Waals surface area (Å²) < 4.78 is 0. The van der Waals surface area contributed by atoms with Crippen LogP contribution in [0.5, 0.6) is 0 Å². The van der Waals surface area contributed by atoms with Crippen LogP contribution >= 0.6 is 21.8 Å². The molecule has 0 amide bonds. The average molecular weight is 555 g/mol. The van der Waals surface area contributed by atoms with Crippen molar-refractivity contribution in [2.45, 2.75) is 42.2 Å². The molecule has 0 radical (unpaired) electrons. The Labute approximate surface area is 244 Å². The van der Waals surface area contributed by atoms with Gasteiger partial charge in [0.1, 0.15) is 0 Å². The number of thiol groups is 2. The fourth-order valence-corrected chi connectivity index (χ4v) is 9.68. The zero-order valence-corrected chi connectivity index (χ0v) is 24.3. The second kappa shape index (κ2) is 12.9. The lowest BCUT2D eigenvalue weighted by atomic mass is 10.0. The van der Waals surface area contributed by atoms with Gasteiger partial charge in [-0.25, -0.2) is 0 Å². The second-order valence-electron chi connectivity index (χ2n) is 9.85. The van der Waals surface area contributed by atoms with Crippen LogP contribution in [0.2, 0.25) is 0 Å². The van der Waals surface area contributed by atoms with E-state index >= 15 is 0 Å². The van der Waals surface area contributed by atoms with Crippen molar-refractivity contribution in [3.8, 4) is 0 Å². The first-order valence-electron chi connectivity index (χ1n) is 13.8. The molecule has 0 aliphatic carbocycles. The third-order valence-electron chi connectivity index (χ3n) is 7.15. The average Bonchev–Trinajstić information content (AvgIpc) is 3.04. The molecule has 0 N–H and O–H groups in total. The van der Waals surface area contributed by atoms with E-state index in [9.17, 15) is 0 Å². The third-order valence-corrected chi connectivity index (χ3v) is 12.0. The molecule has 40 heavy (non-hydrogen) atoms. The fraction of sp³-hybridized carbons (Fsp3) is 0.0526. The van der Waals surface area contributed by atoms with E-state index in [1.807, 2.05) is 0 Å². The lowest BCUT2D eigenvalue weighted by Crippen LogP contribution is -1.94. The Morgan fingerprint density at radius 1 is 0.250 bits per heavy atom. The molecule has 198 valence electrons. The quantitative estimate of drug-likeness (QED) is 0.163. The van der Waals surface area contributed by atoms with Crippen LogP contribution in [0.15, 0.2) is 199 Å². The molecule has 6 rings (SSSR count). The third kappa shape index (κ3) is 6.25. The molecule has 0 aliphatic heterocycles. The maximum absolute atomic E-state index is 2.34. The Kier molecular flexibility index (Phi) is 8.48. The van der Waals surface area contributed by atoms with E-state index in [0.29, 0.717) is 0 Å². The van der Waals surface area contributed by atoms with Gasteiger partial charge in [-0.3, -0.25) is 0 Å². The molecule has 0 saturated carbocycles. The molecule has 0 atom stereocenters. The van der Waals surface area contributed by atoms with Gasteiger partial charge in [-0.05, 0) is 126 Å². The number of hydrogen-bond acceptors (Lipinski definition) is 0. The van der Waals surface area contributed by atoms with Crippen molar-refractivity contribution in [1.29, 1.82) is 0 Å². The second-order valence-corrected chi connectivity index (χ2v) is 14.3. The van der Waals surface area contributed by atoms with E-state index in [2.05, 4.69) is 170 Å². The monoisotopic (exact) mass is 554 g/mol. The van der Waals surface area contributed by atoms with Gasteiger partial charge in [0.2, 0.25) is 0 Å². The number of benzene rings is 6. The van der Waals surface area contributed by atoms with Gasteiger partial charge in [-0.2, -0.15) is 21.8 Å². The summed E-state index contributed by atoms with van der Waals surface area (Å²) in [7, 11) is -1.12. The van der Waals surface area contributed by atoms with E-state index in [1.54, 1.807) is 0 Å². The number of hydrogen-bond donors (Lipinski definition) is 2. The summed E-state index contributed by atoms with van der Waals surface area (Å²) in [6.45, 7) is 0. The Bertz CT molecular complexity index is 1390. The van der Waals surface area contributed by atoms with Crippen LogP contribution in [-0.4, -0.2) is 0 Å². The van der Waals surface area contributed by atoms with Gasteiger partial charge in [-0.15, -0.1) is 0 Å². The van der Waals surface area contributed by atoms with Gasteiger partial charge >= 0.3 is 0 Å². The van der Waals surface area contributed by atoms with Gasteiger partial charge in [0.05, 0.1) is 0 Å². The summed E-state index contributed by atoms with van der Waals surface area (Å²) in [6, 6.07) is 62.4. The number of aryl methyl sites for hydroxylation is 2. The molecule has 0 fully saturated rings. The minimum absolute atomic E-state index is 0.558. The molecule has 0 nitrogen and oxygen atoms in total. The van der Waals surface area contributed by atoms with Crippen LogP contribution in [-0.2, 0) is 12.8 Å². The van der Waals surface area contributed by atoms with Gasteiger partial charge in [0.25, 0.3) is 0 Å². The first kappa shape index (κ1) is 26.3. The lowest BCUT2D eigenvalue weighted by molar-refractivity contribution is 0.955. The first-order chi connectivity index (χ1) is 19.8. The van der Waals surface area contributed by atoms with Crippen molar-refractivity contribution >= 4 is 21.8 Å². The van der Waals surface area contributed by atoms with E-state index in [4.69, 9.17) is 0 Å². The van der Waals surface area contributed by atoms with E-state index in [0.717, 1.165) is 12.8 Å². The molecule has 0 saturated heterocycles. The minimum Gasteiger partial charge on any atom is -0.173 e. The highest BCUT2D eigenvalue weighted by Crippen LogP contribution is 2.52. The Balaban J connectivity index is 1.17. The molecule has 6 aromatic carbocycles. The van der Waals surface area contributed by atoms with Crippen LogP contribution in [0.4, 0.5) is 0 Å². The van der Waals surface area contributed by atoms with Crippen LogP contribution in [0.3, 0.4) is 0 Å². The summed E-state index contributed by atoms with van der Waals surface area (Å²) in [4.78, 5) is 8.36. The van der Waals surface area contributed by atoms with E-state index in [-0.39, 0.29) is 0 Å². The zero-order valence-electron chi connectivity index (χ0n) is 22.5. The van der Waals surface area contributed by atoms with Gasteiger partial charge < -0.3 is 0 Å². The van der Waals surface area contributed by atoms with Crippen LogP contribution < -0.4 is 0 Å². The predicted molar refractivity (Wildman–Crippen MR) is 174 cm³/mol. The van der Waals surface area contributed by atoms with Crippen molar-refractivity contribution in [2.75, 3.05) is 0 Å². The molecule has 0 spiro atoms. The van der Waals surface area contributed by atoms with Gasteiger partial charge in [0, 0.05) is 0 Å². The Hall–Kier alpha value is -3.98. The van der Waals surface area contributed by atoms with Crippen molar-refractivity contribution < 1.29 is 0 Å². The molecule has 2 heteroatoms. The van der Waals surface area contributed by atoms with Crippen molar-refractivity contribution in [1.82, 2.24) is 0 Å². The Morgan fingerprint density at radius 3 is 0.725 bits per heavy atom.